The van der Waals surface area contributed by atoms with Gasteiger partial charge < -0.3 is 24.0 Å². The zero-order valence-corrected chi connectivity index (χ0v) is 21.3. The number of carbonyl (C=O) groups is 1. The van der Waals surface area contributed by atoms with Crippen LogP contribution in [0.5, 0.6) is 0 Å². The SMILES string of the molecule is CN(C)C(=O)c1ccc(Cc2ncnc3c2c(F)cn3C2CCN(c3nc(CCCO)no3)CC2)c(F)c1. The number of anilines is 1. The number of aliphatic hydroxyl groups excluding tert-OH is 1. The molecule has 0 aliphatic carbocycles. The van der Waals surface area contributed by atoms with Crippen LogP contribution >= 0.6 is 0 Å². The van der Waals surface area contributed by atoms with E-state index in [1.165, 1.54) is 29.6 Å². The summed E-state index contributed by atoms with van der Waals surface area (Å²) in [5, 5.41) is 13.2. The first kappa shape index (κ1) is 25.7. The molecule has 38 heavy (non-hydrogen) atoms. The molecule has 1 fully saturated rings. The normalized spacial score (nSPS) is 14.4. The van der Waals surface area contributed by atoms with Crippen LogP contribution in [-0.2, 0) is 12.8 Å². The molecule has 200 valence electrons. The van der Waals surface area contributed by atoms with Gasteiger partial charge in [-0.3, -0.25) is 4.79 Å². The van der Waals surface area contributed by atoms with Crippen LogP contribution in [0.25, 0.3) is 11.0 Å². The summed E-state index contributed by atoms with van der Waals surface area (Å²) in [6.07, 6.45) is 5.44. The number of halogens is 2. The largest absolute Gasteiger partial charge is 0.396 e. The summed E-state index contributed by atoms with van der Waals surface area (Å²) in [6.45, 7) is 1.37. The van der Waals surface area contributed by atoms with Gasteiger partial charge in [0.25, 0.3) is 5.91 Å². The minimum absolute atomic E-state index is 0.00541. The van der Waals surface area contributed by atoms with Crippen molar-refractivity contribution in [2.24, 2.45) is 0 Å². The lowest BCUT2D eigenvalue weighted by Gasteiger charge is -2.31. The fraction of sp³-hybridized carbons (Fsp3) is 0.423. The summed E-state index contributed by atoms with van der Waals surface area (Å²) in [6, 6.07) is 4.76. The third-order valence-electron chi connectivity index (χ3n) is 6.85. The smallest absolute Gasteiger partial charge is 0.324 e. The van der Waals surface area contributed by atoms with Crippen molar-refractivity contribution in [2.75, 3.05) is 38.7 Å². The quantitative estimate of drug-likeness (QED) is 0.373. The average Bonchev–Trinajstić information content (AvgIpc) is 3.53. The van der Waals surface area contributed by atoms with Gasteiger partial charge >= 0.3 is 6.01 Å². The number of rotatable bonds is 8. The Morgan fingerprint density at radius 3 is 2.68 bits per heavy atom. The van der Waals surface area contributed by atoms with Crippen molar-refractivity contribution in [3.05, 3.63) is 65.0 Å². The van der Waals surface area contributed by atoms with Gasteiger partial charge in [0.05, 0.1) is 11.1 Å². The van der Waals surface area contributed by atoms with Crippen LogP contribution in [0.4, 0.5) is 14.8 Å². The summed E-state index contributed by atoms with van der Waals surface area (Å²) < 4.78 is 37.3. The maximum Gasteiger partial charge on any atom is 0.324 e. The van der Waals surface area contributed by atoms with E-state index in [9.17, 15) is 9.18 Å². The molecule has 0 bridgehead atoms. The van der Waals surface area contributed by atoms with Crippen LogP contribution in [0.15, 0.2) is 35.2 Å². The molecule has 0 radical (unpaired) electrons. The van der Waals surface area contributed by atoms with Gasteiger partial charge in [-0.2, -0.15) is 4.98 Å². The van der Waals surface area contributed by atoms with Crippen molar-refractivity contribution >= 4 is 23.0 Å². The van der Waals surface area contributed by atoms with Crippen molar-refractivity contribution in [3.8, 4) is 0 Å². The van der Waals surface area contributed by atoms with Crippen LogP contribution < -0.4 is 4.90 Å². The molecule has 4 heterocycles. The Morgan fingerprint density at radius 2 is 1.97 bits per heavy atom. The van der Waals surface area contributed by atoms with E-state index in [2.05, 4.69) is 20.1 Å². The van der Waals surface area contributed by atoms with Gasteiger partial charge in [0, 0.05) is 64.4 Å². The number of carbonyl (C=O) groups excluding carboxylic acids is 1. The van der Waals surface area contributed by atoms with Crippen molar-refractivity contribution in [1.29, 1.82) is 0 Å². The number of piperidine rings is 1. The molecule has 12 heteroatoms. The third kappa shape index (κ3) is 5.08. The molecule has 1 amide bonds. The highest BCUT2D eigenvalue weighted by Gasteiger charge is 2.27. The van der Waals surface area contributed by atoms with Crippen LogP contribution in [0.2, 0.25) is 0 Å². The Hall–Kier alpha value is -3.93. The molecule has 10 nitrogen and oxygen atoms in total. The molecule has 1 aromatic carbocycles. The summed E-state index contributed by atoms with van der Waals surface area (Å²) in [5.41, 5.74) is 1.42. The first-order chi connectivity index (χ1) is 18.4. The van der Waals surface area contributed by atoms with E-state index in [0.29, 0.717) is 67.5 Å². The molecule has 3 aromatic heterocycles. The summed E-state index contributed by atoms with van der Waals surface area (Å²) in [4.78, 5) is 28.6. The second kappa shape index (κ2) is 10.8. The topological polar surface area (TPSA) is 113 Å². The lowest BCUT2D eigenvalue weighted by atomic mass is 10.0. The predicted molar refractivity (Wildman–Crippen MR) is 135 cm³/mol. The lowest BCUT2D eigenvalue weighted by molar-refractivity contribution is 0.0827. The van der Waals surface area contributed by atoms with E-state index in [4.69, 9.17) is 9.63 Å². The molecule has 5 rings (SSSR count). The molecule has 0 spiro atoms. The van der Waals surface area contributed by atoms with E-state index in [1.807, 2.05) is 9.47 Å². The Kier molecular flexibility index (Phi) is 7.32. The van der Waals surface area contributed by atoms with E-state index in [0.717, 1.165) is 0 Å². The second-order valence-corrected chi connectivity index (χ2v) is 9.62. The van der Waals surface area contributed by atoms with Crippen LogP contribution in [-0.4, -0.2) is 74.4 Å². The van der Waals surface area contributed by atoms with Gasteiger partial charge in [0.15, 0.2) is 11.6 Å². The van der Waals surface area contributed by atoms with Crippen LogP contribution in [0, 0.1) is 11.6 Å². The van der Waals surface area contributed by atoms with Gasteiger partial charge in [-0.25, -0.2) is 18.7 Å². The second-order valence-electron chi connectivity index (χ2n) is 9.62. The van der Waals surface area contributed by atoms with E-state index in [1.54, 1.807) is 20.2 Å². The Balaban J connectivity index is 1.33. The van der Waals surface area contributed by atoms with Crippen molar-refractivity contribution < 1.29 is 23.2 Å². The highest BCUT2D eigenvalue weighted by molar-refractivity contribution is 5.94. The number of aryl methyl sites for hydroxylation is 1. The van der Waals surface area contributed by atoms with Gasteiger partial charge in [-0.05, 0) is 37.0 Å². The highest BCUT2D eigenvalue weighted by atomic mass is 19.1. The summed E-state index contributed by atoms with van der Waals surface area (Å²) in [7, 11) is 3.20. The molecule has 0 saturated carbocycles. The number of aromatic nitrogens is 5. The van der Waals surface area contributed by atoms with E-state index < -0.39 is 11.6 Å². The van der Waals surface area contributed by atoms with Crippen LogP contribution in [0.1, 0.15) is 52.7 Å². The van der Waals surface area contributed by atoms with Crippen molar-refractivity contribution in [3.63, 3.8) is 0 Å². The number of hydrogen-bond donors (Lipinski definition) is 1. The van der Waals surface area contributed by atoms with Gasteiger partial charge in [0.1, 0.15) is 17.8 Å². The number of nitrogens with zero attached hydrogens (tertiary/aromatic N) is 7. The molecule has 1 aliphatic rings. The molecule has 0 atom stereocenters. The van der Waals surface area contributed by atoms with Crippen molar-refractivity contribution in [2.45, 2.75) is 38.1 Å². The zero-order valence-electron chi connectivity index (χ0n) is 21.3. The zero-order chi connectivity index (χ0) is 26.8. The molecule has 0 unspecified atom stereocenters. The van der Waals surface area contributed by atoms with Gasteiger partial charge in [-0.15, -0.1) is 0 Å². The van der Waals surface area contributed by atoms with Gasteiger partial charge in [0.2, 0.25) is 0 Å². The van der Waals surface area contributed by atoms with E-state index in [-0.39, 0.29) is 35.9 Å². The monoisotopic (exact) mass is 525 g/mol. The fourth-order valence-corrected chi connectivity index (χ4v) is 4.82. The average molecular weight is 526 g/mol. The molecule has 1 N–H and O–H groups in total. The summed E-state index contributed by atoms with van der Waals surface area (Å²) in [5.74, 6) is -0.731. The first-order valence-corrected chi connectivity index (χ1v) is 12.5. The maximum atomic E-state index is 15.2. The van der Waals surface area contributed by atoms with E-state index >= 15 is 4.39 Å². The molecule has 4 aromatic rings. The number of benzene rings is 1. The standard InChI is InChI=1S/C26H29F2N7O3/c1-33(2)25(37)17-6-5-16(19(27)12-17)13-21-23-20(28)14-35(24(23)30-15-29-21)18-7-9-34(10-8-18)26-31-22(32-38-26)4-3-11-36/h5-6,12,14-15,18,36H,3-4,7-11,13H2,1-2H3. The van der Waals surface area contributed by atoms with Crippen molar-refractivity contribution in [1.82, 2.24) is 29.6 Å². The molecule has 1 saturated heterocycles. The minimum Gasteiger partial charge on any atom is -0.396 e. The molecular formula is C26H29F2N7O3. The Bertz CT molecular complexity index is 1440. The number of amides is 1. The third-order valence-corrected chi connectivity index (χ3v) is 6.85. The first-order valence-electron chi connectivity index (χ1n) is 12.5. The Morgan fingerprint density at radius 1 is 1.18 bits per heavy atom. The minimum atomic E-state index is -0.544. The number of aliphatic hydroxyl groups is 1. The Labute approximate surface area is 217 Å². The highest BCUT2D eigenvalue weighted by Crippen LogP contribution is 2.32. The van der Waals surface area contributed by atoms with Crippen LogP contribution in [0.3, 0.4) is 0 Å². The van der Waals surface area contributed by atoms with Gasteiger partial charge in [-0.1, -0.05) is 11.2 Å². The number of fused-ring (bicyclic) bond motifs is 1. The summed E-state index contributed by atoms with van der Waals surface area (Å²) >= 11 is 0. The lowest BCUT2D eigenvalue weighted by Crippen LogP contribution is -2.34. The fourth-order valence-electron chi connectivity index (χ4n) is 4.82. The predicted octanol–water partition coefficient (Wildman–Crippen LogP) is 3.15. The molecular weight excluding hydrogens is 496 g/mol. The number of hydrogen-bond acceptors (Lipinski definition) is 8. The maximum absolute atomic E-state index is 15.2. The molecule has 1 aliphatic heterocycles.